The van der Waals surface area contributed by atoms with E-state index in [9.17, 15) is 0 Å². The van der Waals surface area contributed by atoms with Crippen LogP contribution >= 0.6 is 0 Å². The molecule has 2 aliphatic carbocycles. The molecule has 0 amide bonds. The summed E-state index contributed by atoms with van der Waals surface area (Å²) in [4.78, 5) is 0. The number of rotatable bonds is 9. The van der Waals surface area contributed by atoms with Crippen molar-refractivity contribution in [2.75, 3.05) is 26.4 Å². The van der Waals surface area contributed by atoms with Crippen molar-refractivity contribution in [3.63, 3.8) is 0 Å². The smallest absolute Gasteiger partial charge is 0.104 e. The van der Waals surface area contributed by atoms with Gasteiger partial charge in [-0.1, -0.05) is 46.6 Å². The molecule has 1 aliphatic heterocycles. The van der Waals surface area contributed by atoms with E-state index in [0.29, 0.717) is 41.6 Å². The molecule has 0 aromatic carbocycles. The summed E-state index contributed by atoms with van der Waals surface area (Å²) in [5.74, 6) is 3.73. The van der Waals surface area contributed by atoms with Gasteiger partial charge in [-0.15, -0.1) is 13.2 Å². The number of ether oxygens (including phenoxy) is 2. The van der Waals surface area contributed by atoms with E-state index in [1.54, 1.807) is 0 Å². The van der Waals surface area contributed by atoms with E-state index in [-0.39, 0.29) is 22.3 Å². The summed E-state index contributed by atoms with van der Waals surface area (Å²) >= 11 is 0. The van der Waals surface area contributed by atoms with Gasteiger partial charge in [-0.2, -0.15) is 0 Å². The molecule has 2 saturated carbocycles. The fourth-order valence-corrected chi connectivity index (χ4v) is 4.56. The molecule has 1 saturated heterocycles. The molecule has 7 atom stereocenters. The van der Waals surface area contributed by atoms with E-state index < -0.39 is 0 Å². The zero-order chi connectivity index (χ0) is 16.9. The molecule has 3 fully saturated rings. The van der Waals surface area contributed by atoms with Gasteiger partial charge in [0.15, 0.2) is 0 Å². The molecule has 0 radical (unpaired) electrons. The average Bonchev–Trinajstić information content (AvgIpc) is 3.20. The summed E-state index contributed by atoms with van der Waals surface area (Å²) in [7, 11) is 0. The molecule has 3 nitrogen and oxygen atoms in total. The van der Waals surface area contributed by atoms with Crippen molar-refractivity contribution >= 4 is 0 Å². The maximum Gasteiger partial charge on any atom is 0.104 e. The van der Waals surface area contributed by atoms with Gasteiger partial charge in [-0.05, 0) is 67.7 Å². The van der Waals surface area contributed by atoms with Crippen molar-refractivity contribution in [1.29, 1.82) is 0 Å². The fourth-order valence-electron chi connectivity index (χ4n) is 4.56. The minimum atomic E-state index is 0. The predicted molar refractivity (Wildman–Crippen MR) is 119 cm³/mol. The SMILES string of the molecule is C.C.C.C=CC1CC(/C=C\C2CC(C=C)C(COCC3CO3)C2)C(CN)C1. The third kappa shape index (κ3) is 7.21. The van der Waals surface area contributed by atoms with Crippen LogP contribution in [-0.2, 0) is 9.47 Å². The van der Waals surface area contributed by atoms with Crippen molar-refractivity contribution in [1.82, 2.24) is 0 Å². The molecule has 3 heteroatoms. The third-order valence-corrected chi connectivity index (χ3v) is 6.18. The lowest BCUT2D eigenvalue weighted by Crippen LogP contribution is -2.17. The van der Waals surface area contributed by atoms with E-state index in [2.05, 4.69) is 37.5 Å². The number of allylic oxidation sites excluding steroid dienone is 4. The minimum Gasteiger partial charge on any atom is -0.378 e. The molecule has 7 unspecified atom stereocenters. The maximum atomic E-state index is 5.97. The minimum absolute atomic E-state index is 0. The van der Waals surface area contributed by atoms with Crippen LogP contribution in [0.5, 0.6) is 0 Å². The van der Waals surface area contributed by atoms with E-state index in [4.69, 9.17) is 15.2 Å². The van der Waals surface area contributed by atoms with E-state index >= 15 is 0 Å². The van der Waals surface area contributed by atoms with Crippen LogP contribution in [0.1, 0.15) is 48.0 Å². The summed E-state index contributed by atoms with van der Waals surface area (Å²) in [6, 6.07) is 0. The third-order valence-electron chi connectivity index (χ3n) is 6.18. The standard InChI is InChI=1S/C21H33NO2.3CH4/c1-3-15-7-18(19(8-15)11-22)6-5-16-9-17(4-2)20(10-16)12-23-13-21-14-24-21;;;/h3-6,15-21H,1-2,7-14,22H2;3*1H4/b6-5-;;;. The summed E-state index contributed by atoms with van der Waals surface area (Å²) in [6.07, 6.45) is 14.3. The molecule has 27 heavy (non-hydrogen) atoms. The zero-order valence-electron chi connectivity index (χ0n) is 14.8. The second kappa shape index (κ2) is 12.5. The Labute approximate surface area is 169 Å². The molecule has 2 N–H and O–H groups in total. The highest BCUT2D eigenvalue weighted by atomic mass is 16.6. The molecule has 158 valence electrons. The largest absolute Gasteiger partial charge is 0.378 e. The molecule has 0 bridgehead atoms. The second-order valence-electron chi connectivity index (χ2n) is 7.90. The Hall–Kier alpha value is -0.900. The van der Waals surface area contributed by atoms with Crippen molar-refractivity contribution in [2.24, 2.45) is 41.2 Å². The topological polar surface area (TPSA) is 47.8 Å². The maximum absolute atomic E-state index is 5.97. The van der Waals surface area contributed by atoms with Crippen LogP contribution < -0.4 is 5.73 Å². The van der Waals surface area contributed by atoms with Crippen molar-refractivity contribution in [3.05, 3.63) is 37.5 Å². The van der Waals surface area contributed by atoms with E-state index in [0.717, 1.165) is 26.4 Å². The highest BCUT2D eigenvalue weighted by molar-refractivity contribution is 5.06. The predicted octanol–water partition coefficient (Wildman–Crippen LogP) is 5.48. The Kier molecular flexibility index (Phi) is 12.1. The highest BCUT2D eigenvalue weighted by Gasteiger charge is 2.33. The first-order valence-corrected chi connectivity index (χ1v) is 9.56. The number of epoxide rings is 1. The van der Waals surface area contributed by atoms with Gasteiger partial charge in [0, 0.05) is 0 Å². The van der Waals surface area contributed by atoms with Gasteiger partial charge in [-0.3, -0.25) is 0 Å². The van der Waals surface area contributed by atoms with Crippen LogP contribution in [0.15, 0.2) is 37.5 Å². The first-order chi connectivity index (χ1) is 11.7. The normalized spacial score (nSPS) is 37.1. The van der Waals surface area contributed by atoms with Gasteiger partial charge in [0.1, 0.15) is 6.10 Å². The van der Waals surface area contributed by atoms with E-state index in [1.807, 2.05) is 0 Å². The van der Waals surface area contributed by atoms with Gasteiger partial charge < -0.3 is 15.2 Å². The zero-order valence-corrected chi connectivity index (χ0v) is 14.8. The van der Waals surface area contributed by atoms with Crippen molar-refractivity contribution < 1.29 is 9.47 Å². The van der Waals surface area contributed by atoms with Gasteiger partial charge in [-0.25, -0.2) is 0 Å². The Morgan fingerprint density at radius 2 is 1.52 bits per heavy atom. The lowest BCUT2D eigenvalue weighted by Gasteiger charge is -2.15. The molecular formula is C24H45NO2. The Morgan fingerprint density at radius 1 is 0.852 bits per heavy atom. The second-order valence-corrected chi connectivity index (χ2v) is 7.90. The average molecular weight is 380 g/mol. The lowest BCUT2D eigenvalue weighted by atomic mass is 9.93. The monoisotopic (exact) mass is 379 g/mol. The number of hydrogen-bond acceptors (Lipinski definition) is 3. The molecule has 3 aliphatic rings. The summed E-state index contributed by atoms with van der Waals surface area (Å²) in [5, 5.41) is 0. The van der Waals surface area contributed by atoms with Crippen molar-refractivity contribution in [2.45, 2.75) is 54.1 Å². The van der Waals surface area contributed by atoms with Gasteiger partial charge in [0.2, 0.25) is 0 Å². The van der Waals surface area contributed by atoms with Crippen LogP contribution in [0.3, 0.4) is 0 Å². The molecule has 0 aromatic rings. The van der Waals surface area contributed by atoms with E-state index in [1.165, 1.54) is 25.7 Å². The first-order valence-electron chi connectivity index (χ1n) is 9.56. The molecule has 0 spiro atoms. The van der Waals surface area contributed by atoms with Crippen LogP contribution in [0, 0.1) is 35.5 Å². The lowest BCUT2D eigenvalue weighted by molar-refractivity contribution is 0.0794. The molecule has 1 heterocycles. The fraction of sp³-hybridized carbons (Fsp3) is 0.750. The van der Waals surface area contributed by atoms with Crippen LogP contribution in [0.2, 0.25) is 0 Å². The van der Waals surface area contributed by atoms with Crippen LogP contribution in [0.4, 0.5) is 0 Å². The summed E-state index contributed by atoms with van der Waals surface area (Å²) < 4.78 is 11.0. The number of hydrogen-bond donors (Lipinski definition) is 1. The molecule has 0 aromatic heterocycles. The quantitative estimate of drug-likeness (QED) is 0.426. The van der Waals surface area contributed by atoms with Gasteiger partial charge >= 0.3 is 0 Å². The molecule has 3 rings (SSSR count). The molecular weight excluding hydrogens is 334 g/mol. The Bertz CT molecular complexity index is 457. The van der Waals surface area contributed by atoms with Gasteiger partial charge in [0.25, 0.3) is 0 Å². The summed E-state index contributed by atoms with van der Waals surface area (Å²) in [5.41, 5.74) is 5.97. The Balaban J connectivity index is 0.00000225. The summed E-state index contributed by atoms with van der Waals surface area (Å²) in [6.45, 7) is 11.3. The first kappa shape index (κ1) is 26.1. The highest BCUT2D eigenvalue weighted by Crippen LogP contribution is 2.41. The number of nitrogens with two attached hydrogens (primary N) is 1. The van der Waals surface area contributed by atoms with Crippen LogP contribution in [0.25, 0.3) is 0 Å². The van der Waals surface area contributed by atoms with Crippen molar-refractivity contribution in [3.8, 4) is 0 Å². The Morgan fingerprint density at radius 3 is 2.11 bits per heavy atom. The van der Waals surface area contributed by atoms with Crippen LogP contribution in [-0.4, -0.2) is 32.5 Å². The van der Waals surface area contributed by atoms with Gasteiger partial charge in [0.05, 0.1) is 19.8 Å².